The minimum absolute atomic E-state index is 0.663. The summed E-state index contributed by atoms with van der Waals surface area (Å²) in [6.45, 7) is 4.92. The minimum Gasteiger partial charge on any atom is -0.367 e. The van der Waals surface area contributed by atoms with E-state index in [0.717, 1.165) is 24.2 Å². The molecule has 1 aliphatic rings. The van der Waals surface area contributed by atoms with E-state index >= 15 is 0 Å². The van der Waals surface area contributed by atoms with Crippen molar-refractivity contribution in [2.45, 2.75) is 32.4 Å². The Morgan fingerprint density at radius 2 is 2.06 bits per heavy atom. The zero-order valence-electron chi connectivity index (χ0n) is 9.85. The van der Waals surface area contributed by atoms with Crippen molar-refractivity contribution in [3.05, 3.63) is 29.8 Å². The van der Waals surface area contributed by atoms with Gasteiger partial charge in [0.2, 0.25) is 0 Å². The number of nitrogens with zero attached hydrogens (tertiary/aromatic N) is 2. The van der Waals surface area contributed by atoms with E-state index in [9.17, 15) is 5.11 Å². The quantitative estimate of drug-likeness (QED) is 0.846. The van der Waals surface area contributed by atoms with Crippen LogP contribution in [0.25, 0.3) is 0 Å². The molecule has 3 nitrogen and oxygen atoms in total. The van der Waals surface area contributed by atoms with Crippen molar-refractivity contribution in [1.29, 1.82) is 0 Å². The molecule has 0 aromatic heterocycles. The van der Waals surface area contributed by atoms with Crippen LogP contribution in [0.15, 0.2) is 29.3 Å². The van der Waals surface area contributed by atoms with Gasteiger partial charge in [0.1, 0.15) is 0 Å². The van der Waals surface area contributed by atoms with Crippen LogP contribution in [0, 0.1) is 0 Å². The number of hydrogen-bond acceptors (Lipinski definition) is 3. The van der Waals surface area contributed by atoms with Gasteiger partial charge in [-0.05, 0) is 18.9 Å². The molecule has 3 heteroatoms. The maximum atomic E-state index is 10.8. The highest BCUT2D eigenvalue weighted by atomic mass is 16.3. The highest BCUT2D eigenvalue weighted by molar-refractivity contribution is 5.69. The number of benzene rings is 1. The van der Waals surface area contributed by atoms with Gasteiger partial charge in [-0.1, -0.05) is 32.0 Å². The second kappa shape index (κ2) is 4.26. The largest absolute Gasteiger partial charge is 0.367 e. The highest BCUT2D eigenvalue weighted by Crippen LogP contribution is 2.37. The molecule has 1 aromatic carbocycles. The number of rotatable bonds is 3. The number of fused-ring (bicyclic) bond motifs is 1. The smallest absolute Gasteiger partial charge is 0.166 e. The molecule has 86 valence electrons. The second-order valence-electron chi connectivity index (χ2n) is 4.13. The maximum absolute atomic E-state index is 10.8. The standard InChI is InChI=1S/C13H18N2O/c1-3-9-15-10-14-12-8-6-5-7-11(12)13(15,16)4-2/h5-8,10,16H,3-4,9H2,1-2H3. The molecule has 1 heterocycles. The van der Waals surface area contributed by atoms with E-state index in [2.05, 4.69) is 11.9 Å². The fourth-order valence-electron chi connectivity index (χ4n) is 2.18. The third-order valence-corrected chi connectivity index (χ3v) is 3.10. The van der Waals surface area contributed by atoms with Gasteiger partial charge in [-0.25, -0.2) is 4.99 Å². The lowest BCUT2D eigenvalue weighted by molar-refractivity contribution is -0.0785. The molecule has 2 rings (SSSR count). The first kappa shape index (κ1) is 11.1. The SMILES string of the molecule is CCCN1C=Nc2ccccc2C1(O)CC. The molecular weight excluding hydrogens is 200 g/mol. The fraction of sp³-hybridized carbons (Fsp3) is 0.462. The summed E-state index contributed by atoms with van der Waals surface area (Å²) in [6.07, 6.45) is 3.42. The van der Waals surface area contributed by atoms with Gasteiger partial charge in [-0.15, -0.1) is 0 Å². The van der Waals surface area contributed by atoms with Crippen LogP contribution in [0.2, 0.25) is 0 Å². The predicted molar refractivity (Wildman–Crippen MR) is 65.8 cm³/mol. The minimum atomic E-state index is -0.894. The van der Waals surface area contributed by atoms with Crippen LogP contribution in [0.3, 0.4) is 0 Å². The molecule has 0 amide bonds. The van der Waals surface area contributed by atoms with E-state index < -0.39 is 5.72 Å². The zero-order valence-corrected chi connectivity index (χ0v) is 9.85. The number of aliphatic hydroxyl groups is 1. The summed E-state index contributed by atoms with van der Waals surface area (Å²) >= 11 is 0. The average molecular weight is 218 g/mol. The second-order valence-corrected chi connectivity index (χ2v) is 4.13. The summed E-state index contributed by atoms with van der Waals surface area (Å²) in [7, 11) is 0. The van der Waals surface area contributed by atoms with Gasteiger partial charge in [0.25, 0.3) is 0 Å². The first-order valence-corrected chi connectivity index (χ1v) is 5.85. The molecular formula is C13H18N2O. The van der Waals surface area contributed by atoms with Gasteiger partial charge in [-0.2, -0.15) is 0 Å². The molecule has 1 unspecified atom stereocenters. The molecule has 1 aliphatic heterocycles. The molecule has 0 spiro atoms. The Balaban J connectivity index is 2.46. The first-order chi connectivity index (χ1) is 7.72. The van der Waals surface area contributed by atoms with Crippen molar-refractivity contribution in [2.75, 3.05) is 6.54 Å². The molecule has 1 atom stereocenters. The summed E-state index contributed by atoms with van der Waals surface area (Å²) in [4.78, 5) is 6.30. The monoisotopic (exact) mass is 218 g/mol. The maximum Gasteiger partial charge on any atom is 0.166 e. The van der Waals surface area contributed by atoms with Crippen molar-refractivity contribution in [3.8, 4) is 0 Å². The van der Waals surface area contributed by atoms with E-state index in [1.54, 1.807) is 6.34 Å². The van der Waals surface area contributed by atoms with Crippen molar-refractivity contribution < 1.29 is 5.11 Å². The average Bonchev–Trinajstić information content (AvgIpc) is 2.33. The predicted octanol–water partition coefficient (Wildman–Crippen LogP) is 2.63. The summed E-state index contributed by atoms with van der Waals surface area (Å²) < 4.78 is 0. The molecule has 0 saturated heterocycles. The Labute approximate surface area is 96.4 Å². The van der Waals surface area contributed by atoms with Gasteiger partial charge in [0.15, 0.2) is 5.72 Å². The Morgan fingerprint density at radius 3 is 2.75 bits per heavy atom. The number of para-hydroxylation sites is 1. The van der Waals surface area contributed by atoms with E-state index in [1.165, 1.54) is 0 Å². The number of aliphatic imine (C=N–C) groups is 1. The van der Waals surface area contributed by atoms with Gasteiger partial charge in [0.05, 0.1) is 12.0 Å². The van der Waals surface area contributed by atoms with Gasteiger partial charge >= 0.3 is 0 Å². The lowest BCUT2D eigenvalue weighted by Crippen LogP contribution is -2.47. The zero-order chi connectivity index (χ0) is 11.6. The summed E-state index contributed by atoms with van der Waals surface area (Å²) in [5.74, 6) is 0. The van der Waals surface area contributed by atoms with Gasteiger partial charge in [-0.3, -0.25) is 0 Å². The van der Waals surface area contributed by atoms with Crippen LogP contribution in [-0.4, -0.2) is 22.9 Å². The Bertz CT molecular complexity index is 403. The third kappa shape index (κ3) is 1.61. The summed E-state index contributed by atoms with van der Waals surface area (Å²) in [5, 5.41) is 10.8. The number of hydrogen-bond donors (Lipinski definition) is 1. The fourth-order valence-corrected chi connectivity index (χ4v) is 2.18. The summed E-state index contributed by atoms with van der Waals surface area (Å²) in [6, 6.07) is 7.79. The van der Waals surface area contributed by atoms with E-state index in [4.69, 9.17) is 0 Å². The molecule has 0 aliphatic carbocycles. The molecule has 0 fully saturated rings. The highest BCUT2D eigenvalue weighted by Gasteiger charge is 2.36. The van der Waals surface area contributed by atoms with E-state index in [1.807, 2.05) is 36.1 Å². The molecule has 16 heavy (non-hydrogen) atoms. The van der Waals surface area contributed by atoms with Gasteiger partial charge < -0.3 is 10.0 Å². The van der Waals surface area contributed by atoms with Crippen molar-refractivity contribution >= 4 is 12.0 Å². The molecule has 0 bridgehead atoms. The molecule has 1 aromatic rings. The first-order valence-electron chi connectivity index (χ1n) is 5.85. The van der Waals surface area contributed by atoms with Crippen LogP contribution in [-0.2, 0) is 5.72 Å². The van der Waals surface area contributed by atoms with Gasteiger partial charge in [0, 0.05) is 12.1 Å². The lowest BCUT2D eigenvalue weighted by atomic mass is 9.95. The topological polar surface area (TPSA) is 35.8 Å². The lowest BCUT2D eigenvalue weighted by Gasteiger charge is -2.41. The van der Waals surface area contributed by atoms with Crippen molar-refractivity contribution in [2.24, 2.45) is 4.99 Å². The van der Waals surface area contributed by atoms with E-state index in [-0.39, 0.29) is 0 Å². The third-order valence-electron chi connectivity index (χ3n) is 3.10. The summed E-state index contributed by atoms with van der Waals surface area (Å²) in [5.41, 5.74) is 0.890. The van der Waals surface area contributed by atoms with Crippen LogP contribution in [0.4, 0.5) is 5.69 Å². The Morgan fingerprint density at radius 1 is 1.31 bits per heavy atom. The van der Waals surface area contributed by atoms with Crippen molar-refractivity contribution in [3.63, 3.8) is 0 Å². The van der Waals surface area contributed by atoms with Crippen LogP contribution >= 0.6 is 0 Å². The molecule has 0 saturated carbocycles. The normalized spacial score (nSPS) is 23.3. The Kier molecular flexibility index (Phi) is 2.97. The van der Waals surface area contributed by atoms with Crippen molar-refractivity contribution in [1.82, 2.24) is 4.90 Å². The van der Waals surface area contributed by atoms with Crippen LogP contribution in [0.1, 0.15) is 32.3 Å². The van der Waals surface area contributed by atoms with Crippen LogP contribution in [0.5, 0.6) is 0 Å². The molecule has 1 N–H and O–H groups in total. The Hall–Kier alpha value is -1.35. The van der Waals surface area contributed by atoms with E-state index in [0.29, 0.717) is 6.42 Å². The molecule has 0 radical (unpaired) electrons. The van der Waals surface area contributed by atoms with Crippen LogP contribution < -0.4 is 0 Å².